The summed E-state index contributed by atoms with van der Waals surface area (Å²) in [4.78, 5) is 42.9. The number of methoxy groups -OCH3 is 1. The molecule has 178 valence electrons. The van der Waals surface area contributed by atoms with Crippen molar-refractivity contribution in [2.45, 2.75) is 43.8 Å². The third-order valence-electron chi connectivity index (χ3n) is 6.08. The molecular weight excluding hydrogens is 452 g/mol. The second-order valence-electron chi connectivity index (χ2n) is 8.40. The quantitative estimate of drug-likeness (QED) is 0.410. The van der Waals surface area contributed by atoms with Gasteiger partial charge in [0.25, 0.3) is 5.56 Å². The van der Waals surface area contributed by atoms with E-state index in [-0.39, 0.29) is 17.4 Å². The molecule has 2 atom stereocenters. The van der Waals surface area contributed by atoms with E-state index in [2.05, 4.69) is 22.5 Å². The molecule has 1 heterocycles. The average Bonchev–Trinajstić information content (AvgIpc) is 2.84. The molecule has 1 fully saturated rings. The number of aromatic nitrogens is 2. The third-order valence-corrected chi connectivity index (χ3v) is 7.02. The summed E-state index contributed by atoms with van der Waals surface area (Å²) in [6.45, 7) is 2.12. The van der Waals surface area contributed by atoms with E-state index in [1.807, 2.05) is 6.07 Å². The molecule has 0 radical (unpaired) electrons. The largest absolute Gasteiger partial charge is 0.495 e. The molecule has 0 spiro atoms. The Bertz CT molecular complexity index is 1260. The molecule has 2 unspecified atom stereocenters. The molecule has 8 nitrogen and oxygen atoms in total. The number of carbonyl (C=O) groups excluding carboxylic acids is 2. The third kappa shape index (κ3) is 5.25. The topological polar surface area (TPSA) is 102 Å². The van der Waals surface area contributed by atoms with Crippen LogP contribution in [-0.4, -0.2) is 40.4 Å². The normalized spacial score (nSPS) is 17.8. The lowest BCUT2D eigenvalue weighted by atomic mass is 9.86. The van der Waals surface area contributed by atoms with Gasteiger partial charge in [-0.1, -0.05) is 55.8 Å². The van der Waals surface area contributed by atoms with Crippen LogP contribution in [0.25, 0.3) is 16.6 Å². The molecule has 3 aromatic rings. The van der Waals surface area contributed by atoms with Crippen LogP contribution in [0.3, 0.4) is 0 Å². The van der Waals surface area contributed by atoms with Gasteiger partial charge in [-0.15, -0.1) is 0 Å². The Morgan fingerprint density at radius 3 is 2.65 bits per heavy atom. The Labute approximate surface area is 202 Å². The highest BCUT2D eigenvalue weighted by Gasteiger charge is 2.24. The summed E-state index contributed by atoms with van der Waals surface area (Å²) in [6, 6.07) is 13.8. The van der Waals surface area contributed by atoms with Crippen LogP contribution in [0.4, 0.5) is 4.79 Å². The van der Waals surface area contributed by atoms with Gasteiger partial charge in [-0.2, -0.15) is 0 Å². The highest BCUT2D eigenvalue weighted by Crippen LogP contribution is 2.27. The van der Waals surface area contributed by atoms with Crippen molar-refractivity contribution in [1.82, 2.24) is 20.2 Å². The van der Waals surface area contributed by atoms with Crippen molar-refractivity contribution in [3.05, 3.63) is 58.9 Å². The lowest BCUT2D eigenvalue weighted by Gasteiger charge is -2.29. The van der Waals surface area contributed by atoms with Crippen LogP contribution in [0.2, 0.25) is 0 Å². The molecule has 1 aliphatic rings. The standard InChI is InChI=1S/C25H28N4O4S/c1-16-9-3-5-11-18(16)26-24(32)28-22(30)15-34-25-27-19-12-6-4-10-17(19)23(31)29(25)20-13-7-8-14-21(20)33-2/h4,6-8,10,12-14,16,18H,3,5,9,11,15H2,1-2H3,(H2,26,28,30,32). The minimum atomic E-state index is -0.488. The van der Waals surface area contributed by atoms with Gasteiger partial charge < -0.3 is 10.1 Å². The van der Waals surface area contributed by atoms with Crippen LogP contribution < -0.4 is 20.9 Å². The van der Waals surface area contributed by atoms with E-state index < -0.39 is 11.9 Å². The molecule has 0 saturated heterocycles. The fourth-order valence-electron chi connectivity index (χ4n) is 4.26. The van der Waals surface area contributed by atoms with Gasteiger partial charge in [0.05, 0.1) is 29.5 Å². The molecule has 9 heteroatoms. The predicted molar refractivity (Wildman–Crippen MR) is 133 cm³/mol. The first-order valence-corrected chi connectivity index (χ1v) is 12.3. The summed E-state index contributed by atoms with van der Waals surface area (Å²) >= 11 is 1.09. The lowest BCUT2D eigenvalue weighted by Crippen LogP contribution is -2.48. The number of rotatable bonds is 6. The van der Waals surface area contributed by atoms with Crippen LogP contribution in [0.5, 0.6) is 5.75 Å². The molecule has 3 amide bonds. The molecule has 1 saturated carbocycles. The number of imide groups is 1. The molecule has 1 aromatic heterocycles. The number of para-hydroxylation sites is 3. The zero-order chi connectivity index (χ0) is 24.1. The Balaban J connectivity index is 1.55. The Kier molecular flexibility index (Phi) is 7.52. The fourth-order valence-corrected chi connectivity index (χ4v) is 5.07. The minimum Gasteiger partial charge on any atom is -0.495 e. The van der Waals surface area contributed by atoms with E-state index in [0.29, 0.717) is 33.4 Å². The maximum absolute atomic E-state index is 13.4. The number of hydrogen-bond acceptors (Lipinski definition) is 6. The molecule has 4 rings (SSSR count). The number of carbonyl (C=O) groups is 2. The molecule has 0 bridgehead atoms. The highest BCUT2D eigenvalue weighted by atomic mass is 32.2. The van der Waals surface area contributed by atoms with Crippen molar-refractivity contribution in [3.63, 3.8) is 0 Å². The van der Waals surface area contributed by atoms with Gasteiger partial charge in [0, 0.05) is 6.04 Å². The number of thioether (sulfide) groups is 1. The van der Waals surface area contributed by atoms with E-state index in [0.717, 1.165) is 31.0 Å². The molecule has 2 aromatic carbocycles. The van der Waals surface area contributed by atoms with Crippen molar-refractivity contribution < 1.29 is 14.3 Å². The van der Waals surface area contributed by atoms with Crippen molar-refractivity contribution >= 4 is 34.6 Å². The molecule has 2 N–H and O–H groups in total. The molecule has 34 heavy (non-hydrogen) atoms. The van der Waals surface area contributed by atoms with Gasteiger partial charge in [-0.05, 0) is 43.0 Å². The van der Waals surface area contributed by atoms with Gasteiger partial charge >= 0.3 is 6.03 Å². The zero-order valence-corrected chi connectivity index (χ0v) is 20.1. The first-order chi connectivity index (χ1) is 16.5. The van der Waals surface area contributed by atoms with Gasteiger partial charge in [0.15, 0.2) is 5.16 Å². The second-order valence-corrected chi connectivity index (χ2v) is 9.34. The monoisotopic (exact) mass is 480 g/mol. The van der Waals surface area contributed by atoms with Crippen molar-refractivity contribution in [2.24, 2.45) is 5.92 Å². The fraction of sp³-hybridized carbons (Fsp3) is 0.360. The summed E-state index contributed by atoms with van der Waals surface area (Å²) < 4.78 is 6.90. The van der Waals surface area contributed by atoms with Crippen molar-refractivity contribution in [1.29, 1.82) is 0 Å². The van der Waals surface area contributed by atoms with Crippen LogP contribution in [0.1, 0.15) is 32.6 Å². The Morgan fingerprint density at radius 2 is 1.85 bits per heavy atom. The number of amides is 3. The number of nitrogens with zero attached hydrogens (tertiary/aromatic N) is 2. The number of ether oxygens (including phenoxy) is 1. The maximum atomic E-state index is 13.4. The lowest BCUT2D eigenvalue weighted by molar-refractivity contribution is -0.117. The zero-order valence-electron chi connectivity index (χ0n) is 19.2. The first-order valence-electron chi connectivity index (χ1n) is 11.4. The SMILES string of the molecule is COc1ccccc1-n1c(SCC(=O)NC(=O)NC2CCCCC2C)nc2ccccc2c1=O. The van der Waals surface area contributed by atoms with Crippen LogP contribution in [0.15, 0.2) is 58.5 Å². The van der Waals surface area contributed by atoms with Crippen LogP contribution in [0, 0.1) is 5.92 Å². The average molecular weight is 481 g/mol. The Hall–Kier alpha value is -3.33. The second kappa shape index (κ2) is 10.7. The van der Waals surface area contributed by atoms with Gasteiger partial charge in [-0.3, -0.25) is 19.5 Å². The predicted octanol–water partition coefficient (Wildman–Crippen LogP) is 3.89. The number of urea groups is 1. The summed E-state index contributed by atoms with van der Waals surface area (Å²) in [5.41, 5.74) is 0.799. The molecular formula is C25H28N4O4S. The maximum Gasteiger partial charge on any atom is 0.321 e. The number of nitrogens with one attached hydrogen (secondary N) is 2. The molecule has 0 aliphatic heterocycles. The van der Waals surface area contributed by atoms with Crippen molar-refractivity contribution in [3.8, 4) is 11.4 Å². The van der Waals surface area contributed by atoms with Crippen LogP contribution in [-0.2, 0) is 4.79 Å². The van der Waals surface area contributed by atoms with E-state index in [1.165, 1.54) is 18.1 Å². The highest BCUT2D eigenvalue weighted by molar-refractivity contribution is 7.99. The van der Waals surface area contributed by atoms with Crippen LogP contribution >= 0.6 is 11.8 Å². The van der Waals surface area contributed by atoms with E-state index in [1.54, 1.807) is 42.5 Å². The number of benzene rings is 2. The van der Waals surface area contributed by atoms with Gasteiger partial charge in [0.1, 0.15) is 5.75 Å². The summed E-state index contributed by atoms with van der Waals surface area (Å²) in [5, 5.41) is 6.12. The number of hydrogen-bond donors (Lipinski definition) is 2. The smallest absolute Gasteiger partial charge is 0.321 e. The van der Waals surface area contributed by atoms with E-state index in [9.17, 15) is 14.4 Å². The summed E-state index contributed by atoms with van der Waals surface area (Å²) in [6.07, 6.45) is 4.24. The molecule has 1 aliphatic carbocycles. The van der Waals surface area contributed by atoms with Crippen molar-refractivity contribution in [2.75, 3.05) is 12.9 Å². The summed E-state index contributed by atoms with van der Waals surface area (Å²) in [5.74, 6) is 0.364. The van der Waals surface area contributed by atoms with Gasteiger partial charge in [-0.25, -0.2) is 9.78 Å². The van der Waals surface area contributed by atoms with E-state index in [4.69, 9.17) is 4.74 Å². The number of fused-ring (bicyclic) bond motifs is 1. The minimum absolute atomic E-state index is 0.0758. The van der Waals surface area contributed by atoms with Gasteiger partial charge in [0.2, 0.25) is 5.91 Å². The summed E-state index contributed by atoms with van der Waals surface area (Å²) in [7, 11) is 1.53. The Morgan fingerprint density at radius 1 is 1.12 bits per heavy atom. The first kappa shape index (κ1) is 23.8. The van der Waals surface area contributed by atoms with E-state index >= 15 is 0 Å².